The van der Waals surface area contributed by atoms with Crippen molar-refractivity contribution >= 4 is 5.91 Å². The maximum atomic E-state index is 11.6. The first-order valence-electron chi connectivity index (χ1n) is 5.40. The topological polar surface area (TPSA) is 40.5 Å². The predicted octanol–water partition coefficient (Wildman–Crippen LogP) is 2.25. The first-order chi connectivity index (χ1) is 7.70. The lowest BCUT2D eigenvalue weighted by molar-refractivity contribution is -0.127. The van der Waals surface area contributed by atoms with Gasteiger partial charge in [0.05, 0.1) is 0 Å². The van der Waals surface area contributed by atoms with Crippen LogP contribution in [-0.2, 0) is 4.79 Å². The van der Waals surface area contributed by atoms with Gasteiger partial charge in [0.15, 0.2) is 0 Å². The number of rotatable bonds is 1. The largest absolute Gasteiger partial charge is 0.400 e. The van der Waals surface area contributed by atoms with Gasteiger partial charge in [-0.25, -0.2) is 0 Å². The van der Waals surface area contributed by atoms with Gasteiger partial charge in [-0.05, 0) is 31.4 Å². The van der Waals surface area contributed by atoms with Gasteiger partial charge in [-0.3, -0.25) is 4.79 Å². The fraction of sp³-hybridized carbons (Fsp3) is 0.462. The van der Waals surface area contributed by atoms with E-state index in [1.165, 1.54) is 5.57 Å². The number of aliphatic hydroxyl groups excluding tert-OH is 1. The van der Waals surface area contributed by atoms with E-state index in [2.05, 4.69) is 12.7 Å². The van der Waals surface area contributed by atoms with Crippen molar-refractivity contribution in [1.82, 2.24) is 4.90 Å². The molecular formula is C13H21NO2. The van der Waals surface area contributed by atoms with Crippen LogP contribution in [-0.4, -0.2) is 30.1 Å². The molecular weight excluding hydrogens is 202 g/mol. The summed E-state index contributed by atoms with van der Waals surface area (Å²) in [5.41, 5.74) is 2.23. The summed E-state index contributed by atoms with van der Waals surface area (Å²) in [6.07, 6.45) is 8.27. The molecule has 3 heteroatoms. The summed E-state index contributed by atoms with van der Waals surface area (Å²) in [5, 5.41) is 7.00. The molecule has 0 bridgehead atoms. The summed E-state index contributed by atoms with van der Waals surface area (Å²) >= 11 is 0. The lowest BCUT2D eigenvalue weighted by atomic mass is 10.1. The molecule has 0 atom stereocenters. The highest BCUT2D eigenvalue weighted by molar-refractivity contribution is 5.79. The Morgan fingerprint density at radius 1 is 1.38 bits per heavy atom. The quantitative estimate of drug-likeness (QED) is 0.740. The fourth-order valence-electron chi connectivity index (χ4n) is 1.70. The standard InChI is InChI=1S/C12H17NO.CH4O/c1-4-7-11-10(5-2)8-6-9-12(14)13(11)3;1-2/h4-5,7H,1,6,8-9H2,2-3H3;2H,1H3/b10-5-,11-7+;. The first kappa shape index (κ1) is 14.6. The minimum absolute atomic E-state index is 0.190. The Kier molecular flexibility index (Phi) is 7.21. The number of amides is 1. The van der Waals surface area contributed by atoms with Crippen molar-refractivity contribution in [3.63, 3.8) is 0 Å². The predicted molar refractivity (Wildman–Crippen MR) is 66.8 cm³/mol. The number of nitrogens with zero attached hydrogens (tertiary/aromatic N) is 1. The maximum Gasteiger partial charge on any atom is 0.226 e. The molecule has 0 saturated carbocycles. The van der Waals surface area contributed by atoms with Crippen LogP contribution in [0.1, 0.15) is 26.2 Å². The highest BCUT2D eigenvalue weighted by Crippen LogP contribution is 2.24. The second-order valence-electron chi connectivity index (χ2n) is 3.41. The molecule has 1 aliphatic rings. The Labute approximate surface area is 97.8 Å². The Hall–Kier alpha value is -1.35. The smallest absolute Gasteiger partial charge is 0.226 e. The lowest BCUT2D eigenvalue weighted by Crippen LogP contribution is -2.24. The molecule has 0 radical (unpaired) electrons. The number of allylic oxidation sites excluding steroid dienone is 4. The second-order valence-corrected chi connectivity index (χ2v) is 3.41. The van der Waals surface area contributed by atoms with Crippen LogP contribution in [0.5, 0.6) is 0 Å². The third-order valence-corrected chi connectivity index (χ3v) is 2.53. The van der Waals surface area contributed by atoms with Gasteiger partial charge in [-0.15, -0.1) is 0 Å². The van der Waals surface area contributed by atoms with Gasteiger partial charge in [-0.1, -0.05) is 18.7 Å². The fourth-order valence-corrected chi connectivity index (χ4v) is 1.70. The van der Waals surface area contributed by atoms with Crippen LogP contribution in [0.4, 0.5) is 0 Å². The zero-order chi connectivity index (χ0) is 12.6. The van der Waals surface area contributed by atoms with Gasteiger partial charge < -0.3 is 10.0 Å². The Morgan fingerprint density at radius 3 is 2.50 bits per heavy atom. The third kappa shape index (κ3) is 3.66. The molecule has 1 heterocycles. The molecule has 0 spiro atoms. The number of hydrogen-bond donors (Lipinski definition) is 1. The van der Waals surface area contributed by atoms with E-state index in [0.29, 0.717) is 6.42 Å². The zero-order valence-electron chi connectivity index (χ0n) is 10.4. The SMILES string of the molecule is C=C/C=C1\C(=C/C)CCCC(=O)N1C.CO. The minimum Gasteiger partial charge on any atom is -0.400 e. The summed E-state index contributed by atoms with van der Waals surface area (Å²) < 4.78 is 0. The Balaban J connectivity index is 0.00000106. The molecule has 0 unspecified atom stereocenters. The van der Waals surface area contributed by atoms with Crippen molar-refractivity contribution in [3.8, 4) is 0 Å². The number of aliphatic hydroxyl groups is 1. The van der Waals surface area contributed by atoms with Crippen molar-refractivity contribution < 1.29 is 9.90 Å². The molecule has 0 aromatic heterocycles. The second kappa shape index (κ2) is 7.88. The molecule has 1 N–H and O–H groups in total. The van der Waals surface area contributed by atoms with E-state index in [4.69, 9.17) is 5.11 Å². The average Bonchev–Trinajstić information content (AvgIpc) is 2.45. The van der Waals surface area contributed by atoms with E-state index >= 15 is 0 Å². The van der Waals surface area contributed by atoms with E-state index in [9.17, 15) is 4.79 Å². The highest BCUT2D eigenvalue weighted by Gasteiger charge is 2.19. The van der Waals surface area contributed by atoms with Crippen LogP contribution in [0, 0.1) is 0 Å². The molecule has 1 fully saturated rings. The molecule has 1 aliphatic heterocycles. The number of carbonyl (C=O) groups excluding carboxylic acids is 1. The number of carbonyl (C=O) groups is 1. The molecule has 16 heavy (non-hydrogen) atoms. The van der Waals surface area contributed by atoms with E-state index in [0.717, 1.165) is 25.6 Å². The van der Waals surface area contributed by atoms with Crippen molar-refractivity contribution in [2.24, 2.45) is 0 Å². The number of likely N-dealkylation sites (N-methyl/N-ethyl adjacent to an activating group) is 1. The average molecular weight is 223 g/mol. The van der Waals surface area contributed by atoms with Gasteiger partial charge in [0, 0.05) is 26.3 Å². The molecule has 0 aromatic carbocycles. The molecule has 0 aromatic rings. The molecule has 1 amide bonds. The molecule has 90 valence electrons. The minimum atomic E-state index is 0.190. The Morgan fingerprint density at radius 2 is 2.00 bits per heavy atom. The number of hydrogen-bond acceptors (Lipinski definition) is 2. The van der Waals surface area contributed by atoms with Crippen molar-refractivity contribution in [2.45, 2.75) is 26.2 Å². The van der Waals surface area contributed by atoms with E-state index in [1.54, 1.807) is 11.0 Å². The highest BCUT2D eigenvalue weighted by atomic mass is 16.2. The maximum absolute atomic E-state index is 11.6. The third-order valence-electron chi connectivity index (χ3n) is 2.53. The van der Waals surface area contributed by atoms with Crippen molar-refractivity contribution in [2.75, 3.05) is 14.2 Å². The normalized spacial score (nSPS) is 21.5. The lowest BCUT2D eigenvalue weighted by Gasteiger charge is -2.19. The van der Waals surface area contributed by atoms with Crippen LogP contribution in [0.2, 0.25) is 0 Å². The van der Waals surface area contributed by atoms with E-state index in [-0.39, 0.29) is 5.91 Å². The molecule has 1 saturated heterocycles. The monoisotopic (exact) mass is 223 g/mol. The van der Waals surface area contributed by atoms with Crippen LogP contribution in [0.15, 0.2) is 36.1 Å². The summed E-state index contributed by atoms with van der Waals surface area (Å²) in [6.45, 7) is 5.68. The van der Waals surface area contributed by atoms with Gasteiger partial charge >= 0.3 is 0 Å². The van der Waals surface area contributed by atoms with Crippen molar-refractivity contribution in [3.05, 3.63) is 36.1 Å². The van der Waals surface area contributed by atoms with Crippen molar-refractivity contribution in [1.29, 1.82) is 0 Å². The van der Waals surface area contributed by atoms with E-state index < -0.39 is 0 Å². The van der Waals surface area contributed by atoms with Gasteiger partial charge in [0.25, 0.3) is 0 Å². The molecule has 0 aliphatic carbocycles. The number of likely N-dealkylation sites (tertiary alicyclic amines) is 1. The summed E-state index contributed by atoms with van der Waals surface area (Å²) in [6, 6.07) is 0. The van der Waals surface area contributed by atoms with Crippen LogP contribution < -0.4 is 0 Å². The zero-order valence-corrected chi connectivity index (χ0v) is 10.4. The molecule has 1 rings (SSSR count). The van der Waals surface area contributed by atoms with E-state index in [1.807, 2.05) is 20.0 Å². The summed E-state index contributed by atoms with van der Waals surface area (Å²) in [5.74, 6) is 0.190. The van der Waals surface area contributed by atoms with Crippen LogP contribution >= 0.6 is 0 Å². The summed E-state index contributed by atoms with van der Waals surface area (Å²) in [4.78, 5) is 13.3. The first-order valence-corrected chi connectivity index (χ1v) is 5.40. The Bertz CT molecular complexity index is 303. The molecule has 3 nitrogen and oxygen atoms in total. The van der Waals surface area contributed by atoms with Crippen LogP contribution in [0.25, 0.3) is 0 Å². The summed E-state index contributed by atoms with van der Waals surface area (Å²) in [7, 11) is 2.83. The van der Waals surface area contributed by atoms with Gasteiger partial charge in [0.1, 0.15) is 0 Å². The van der Waals surface area contributed by atoms with Crippen LogP contribution in [0.3, 0.4) is 0 Å². The van der Waals surface area contributed by atoms with Gasteiger partial charge in [0.2, 0.25) is 5.91 Å². The van der Waals surface area contributed by atoms with Gasteiger partial charge in [-0.2, -0.15) is 0 Å².